The molecule has 16 heavy (non-hydrogen) atoms. The summed E-state index contributed by atoms with van der Waals surface area (Å²) in [7, 11) is 0. The van der Waals surface area contributed by atoms with E-state index in [1.807, 2.05) is 18.2 Å². The zero-order valence-corrected chi connectivity index (χ0v) is 12.3. The van der Waals surface area contributed by atoms with Gasteiger partial charge in [-0.05, 0) is 53.3 Å². The number of halogens is 1. The molecule has 1 aliphatic carbocycles. The topological polar surface area (TPSA) is 9.23 Å². The Bertz CT molecular complexity index is 348. The Morgan fingerprint density at radius 2 is 1.94 bits per heavy atom. The van der Waals surface area contributed by atoms with Crippen LogP contribution >= 0.6 is 35.2 Å². The highest BCUT2D eigenvalue weighted by molar-refractivity contribution is 14.1. The van der Waals surface area contributed by atoms with Gasteiger partial charge in [-0.2, -0.15) is 12.6 Å². The fourth-order valence-electron chi connectivity index (χ4n) is 2.27. The molecule has 0 amide bonds. The standard InChI is InChI=1S/C13H17IOS/c14-11-5-1-2-6-12(11)15-9-13(10-16)7-3-4-8-13/h1-2,5-6,16H,3-4,7-10H2. The first-order valence-corrected chi connectivity index (χ1v) is 7.45. The highest BCUT2D eigenvalue weighted by Gasteiger charge is 2.33. The summed E-state index contributed by atoms with van der Waals surface area (Å²) in [5.74, 6) is 1.95. The highest BCUT2D eigenvalue weighted by atomic mass is 127. The second-order valence-corrected chi connectivity index (χ2v) is 6.06. The molecule has 0 aliphatic heterocycles. The molecule has 1 aliphatic rings. The maximum Gasteiger partial charge on any atom is 0.132 e. The fourth-order valence-corrected chi connectivity index (χ4v) is 3.22. The first-order chi connectivity index (χ1) is 7.76. The molecule has 0 radical (unpaired) electrons. The van der Waals surface area contributed by atoms with Crippen LogP contribution in [0.15, 0.2) is 24.3 Å². The highest BCUT2D eigenvalue weighted by Crippen LogP contribution is 2.39. The van der Waals surface area contributed by atoms with Crippen LogP contribution in [-0.2, 0) is 0 Å². The molecule has 0 N–H and O–H groups in total. The van der Waals surface area contributed by atoms with Crippen molar-refractivity contribution in [3.05, 3.63) is 27.8 Å². The van der Waals surface area contributed by atoms with Gasteiger partial charge < -0.3 is 4.74 Å². The zero-order chi connectivity index (χ0) is 11.4. The van der Waals surface area contributed by atoms with E-state index in [4.69, 9.17) is 4.74 Å². The number of para-hydroxylation sites is 1. The average molecular weight is 348 g/mol. The third kappa shape index (κ3) is 2.86. The Hall–Kier alpha value is 0.100. The maximum atomic E-state index is 5.96. The minimum atomic E-state index is 0.321. The molecule has 1 saturated carbocycles. The number of hydrogen-bond donors (Lipinski definition) is 1. The van der Waals surface area contributed by atoms with Crippen LogP contribution in [0.5, 0.6) is 5.75 Å². The molecule has 88 valence electrons. The van der Waals surface area contributed by atoms with Crippen LogP contribution in [0.25, 0.3) is 0 Å². The average Bonchev–Trinajstić information content (AvgIpc) is 2.78. The molecule has 0 saturated heterocycles. The van der Waals surface area contributed by atoms with E-state index in [0.717, 1.165) is 18.1 Å². The molecule has 2 rings (SSSR count). The van der Waals surface area contributed by atoms with Gasteiger partial charge in [-0.25, -0.2) is 0 Å². The van der Waals surface area contributed by atoms with Crippen LogP contribution in [0.3, 0.4) is 0 Å². The largest absolute Gasteiger partial charge is 0.492 e. The molecule has 0 atom stereocenters. The molecule has 3 heteroatoms. The van der Waals surface area contributed by atoms with Gasteiger partial charge in [0.05, 0.1) is 10.2 Å². The van der Waals surface area contributed by atoms with E-state index < -0.39 is 0 Å². The van der Waals surface area contributed by atoms with E-state index in [2.05, 4.69) is 41.3 Å². The summed E-state index contributed by atoms with van der Waals surface area (Å²) >= 11 is 6.81. The van der Waals surface area contributed by atoms with Crippen molar-refractivity contribution in [2.75, 3.05) is 12.4 Å². The lowest BCUT2D eigenvalue weighted by Gasteiger charge is -2.27. The van der Waals surface area contributed by atoms with Crippen molar-refractivity contribution in [3.8, 4) is 5.75 Å². The molecule has 1 fully saturated rings. The van der Waals surface area contributed by atoms with Gasteiger partial charge in [0.2, 0.25) is 0 Å². The van der Waals surface area contributed by atoms with Gasteiger partial charge in [-0.1, -0.05) is 25.0 Å². The summed E-state index contributed by atoms with van der Waals surface area (Å²) in [5.41, 5.74) is 0.321. The Labute approximate surface area is 117 Å². The van der Waals surface area contributed by atoms with Crippen LogP contribution in [0.2, 0.25) is 0 Å². The van der Waals surface area contributed by atoms with Crippen LogP contribution in [0.1, 0.15) is 25.7 Å². The second-order valence-electron chi connectivity index (χ2n) is 4.58. The molecule has 0 heterocycles. The summed E-state index contributed by atoms with van der Waals surface area (Å²) in [5, 5.41) is 0. The Kier molecular flexibility index (Phi) is 4.41. The molecule has 1 nitrogen and oxygen atoms in total. The molecule has 0 bridgehead atoms. The van der Waals surface area contributed by atoms with Crippen LogP contribution in [0, 0.1) is 8.99 Å². The van der Waals surface area contributed by atoms with Crippen molar-refractivity contribution in [2.45, 2.75) is 25.7 Å². The SMILES string of the molecule is SCC1(COc2ccccc2I)CCCC1. The lowest BCUT2D eigenvalue weighted by Crippen LogP contribution is -2.27. The molecular weight excluding hydrogens is 331 g/mol. The number of rotatable bonds is 4. The van der Waals surface area contributed by atoms with Gasteiger partial charge in [0.1, 0.15) is 5.75 Å². The van der Waals surface area contributed by atoms with Crippen LogP contribution in [0.4, 0.5) is 0 Å². The van der Waals surface area contributed by atoms with Crippen LogP contribution in [-0.4, -0.2) is 12.4 Å². The van der Waals surface area contributed by atoms with Gasteiger partial charge in [-0.15, -0.1) is 0 Å². The first kappa shape index (κ1) is 12.6. The fraction of sp³-hybridized carbons (Fsp3) is 0.538. The summed E-state index contributed by atoms with van der Waals surface area (Å²) in [6.07, 6.45) is 5.19. The van der Waals surface area contributed by atoms with Gasteiger partial charge in [-0.3, -0.25) is 0 Å². The molecule has 0 unspecified atom stereocenters. The van der Waals surface area contributed by atoms with E-state index in [-0.39, 0.29) is 0 Å². The monoisotopic (exact) mass is 348 g/mol. The predicted molar refractivity (Wildman–Crippen MR) is 79.4 cm³/mol. The van der Waals surface area contributed by atoms with E-state index >= 15 is 0 Å². The lowest BCUT2D eigenvalue weighted by atomic mass is 9.90. The van der Waals surface area contributed by atoms with Crippen molar-refractivity contribution in [1.29, 1.82) is 0 Å². The summed E-state index contributed by atoms with van der Waals surface area (Å²) < 4.78 is 7.15. The predicted octanol–water partition coefficient (Wildman–Crippen LogP) is 4.16. The van der Waals surface area contributed by atoms with Crippen LogP contribution < -0.4 is 4.74 Å². The third-order valence-corrected chi connectivity index (χ3v) is 4.93. The van der Waals surface area contributed by atoms with Crippen molar-refractivity contribution in [3.63, 3.8) is 0 Å². The number of thiol groups is 1. The third-order valence-electron chi connectivity index (χ3n) is 3.37. The van der Waals surface area contributed by atoms with Crippen molar-refractivity contribution in [2.24, 2.45) is 5.41 Å². The quantitative estimate of drug-likeness (QED) is 0.635. The second kappa shape index (κ2) is 5.63. The molecule has 0 spiro atoms. The van der Waals surface area contributed by atoms with E-state index in [0.29, 0.717) is 5.41 Å². The Balaban J connectivity index is 1.98. The minimum Gasteiger partial charge on any atom is -0.492 e. The Morgan fingerprint density at radius 3 is 2.56 bits per heavy atom. The Morgan fingerprint density at radius 1 is 1.25 bits per heavy atom. The first-order valence-electron chi connectivity index (χ1n) is 5.74. The van der Waals surface area contributed by atoms with Gasteiger partial charge in [0, 0.05) is 5.41 Å². The van der Waals surface area contributed by atoms with Crippen molar-refractivity contribution >= 4 is 35.2 Å². The molecule has 1 aromatic carbocycles. The number of ether oxygens (including phenoxy) is 1. The summed E-state index contributed by atoms with van der Waals surface area (Å²) in [4.78, 5) is 0. The maximum absolute atomic E-state index is 5.96. The number of hydrogen-bond acceptors (Lipinski definition) is 2. The van der Waals surface area contributed by atoms with E-state index in [1.165, 1.54) is 29.3 Å². The molecule has 1 aromatic rings. The van der Waals surface area contributed by atoms with E-state index in [1.54, 1.807) is 0 Å². The van der Waals surface area contributed by atoms with Gasteiger partial charge in [0.25, 0.3) is 0 Å². The summed E-state index contributed by atoms with van der Waals surface area (Å²) in [6, 6.07) is 8.19. The lowest BCUT2D eigenvalue weighted by molar-refractivity contribution is 0.172. The zero-order valence-electron chi connectivity index (χ0n) is 9.29. The molecular formula is C13H17IOS. The smallest absolute Gasteiger partial charge is 0.132 e. The van der Waals surface area contributed by atoms with Gasteiger partial charge >= 0.3 is 0 Å². The normalized spacial score (nSPS) is 18.6. The van der Waals surface area contributed by atoms with Gasteiger partial charge in [0.15, 0.2) is 0 Å². The van der Waals surface area contributed by atoms with Crippen molar-refractivity contribution in [1.82, 2.24) is 0 Å². The molecule has 0 aromatic heterocycles. The van der Waals surface area contributed by atoms with E-state index in [9.17, 15) is 0 Å². The summed E-state index contributed by atoms with van der Waals surface area (Å²) in [6.45, 7) is 0.816. The number of benzene rings is 1. The van der Waals surface area contributed by atoms with Crippen molar-refractivity contribution < 1.29 is 4.74 Å². The minimum absolute atomic E-state index is 0.321.